The fraction of sp³-hybridized carbons (Fsp3) is 0.900. The van der Waals surface area contributed by atoms with Crippen LogP contribution in [0.3, 0.4) is 0 Å². The SMILES string of the molecule is CCC[C@H](N)C(=O)NCC1CC1C. The van der Waals surface area contributed by atoms with Gasteiger partial charge in [-0.25, -0.2) is 0 Å². The van der Waals surface area contributed by atoms with E-state index in [1.165, 1.54) is 6.42 Å². The summed E-state index contributed by atoms with van der Waals surface area (Å²) in [5, 5.41) is 2.90. The van der Waals surface area contributed by atoms with Gasteiger partial charge in [0.15, 0.2) is 0 Å². The monoisotopic (exact) mass is 184 g/mol. The fourth-order valence-corrected chi connectivity index (χ4v) is 1.49. The lowest BCUT2D eigenvalue weighted by atomic mass is 10.1. The van der Waals surface area contributed by atoms with Gasteiger partial charge < -0.3 is 11.1 Å². The molecule has 3 nitrogen and oxygen atoms in total. The van der Waals surface area contributed by atoms with E-state index < -0.39 is 0 Å². The Balaban J connectivity index is 2.09. The molecule has 0 aromatic carbocycles. The summed E-state index contributed by atoms with van der Waals surface area (Å²) in [6, 6.07) is -0.306. The summed E-state index contributed by atoms with van der Waals surface area (Å²) in [6.45, 7) is 5.07. The van der Waals surface area contributed by atoms with E-state index in [1.807, 2.05) is 6.92 Å². The molecule has 0 saturated heterocycles. The number of nitrogens with one attached hydrogen (secondary N) is 1. The molecule has 3 atom stereocenters. The minimum Gasteiger partial charge on any atom is -0.354 e. The number of hydrogen-bond acceptors (Lipinski definition) is 2. The zero-order valence-corrected chi connectivity index (χ0v) is 8.55. The van der Waals surface area contributed by atoms with Gasteiger partial charge in [0, 0.05) is 6.54 Å². The molecule has 1 rings (SSSR count). The van der Waals surface area contributed by atoms with Crippen molar-refractivity contribution in [3.63, 3.8) is 0 Å². The highest BCUT2D eigenvalue weighted by molar-refractivity contribution is 5.81. The predicted octanol–water partition coefficient (Wildman–Crippen LogP) is 0.886. The molecule has 76 valence electrons. The molecule has 1 amide bonds. The van der Waals surface area contributed by atoms with Gasteiger partial charge in [-0.05, 0) is 24.7 Å². The highest BCUT2D eigenvalue weighted by Crippen LogP contribution is 2.36. The molecule has 0 heterocycles. The third-order valence-electron chi connectivity index (χ3n) is 2.75. The lowest BCUT2D eigenvalue weighted by molar-refractivity contribution is -0.122. The number of amides is 1. The van der Waals surface area contributed by atoms with Gasteiger partial charge in [0.1, 0.15) is 0 Å². The van der Waals surface area contributed by atoms with Gasteiger partial charge in [-0.3, -0.25) is 4.79 Å². The third kappa shape index (κ3) is 3.35. The molecule has 2 unspecified atom stereocenters. The summed E-state index contributed by atoms with van der Waals surface area (Å²) in [6.07, 6.45) is 3.00. The van der Waals surface area contributed by atoms with Crippen molar-refractivity contribution >= 4 is 5.91 Å². The number of carbonyl (C=O) groups is 1. The number of rotatable bonds is 5. The maximum Gasteiger partial charge on any atom is 0.236 e. The maximum atomic E-state index is 11.3. The van der Waals surface area contributed by atoms with Crippen molar-refractivity contribution in [2.24, 2.45) is 17.6 Å². The standard InChI is InChI=1S/C10H20N2O/c1-3-4-9(11)10(13)12-6-8-5-7(8)2/h7-9H,3-6,11H2,1-2H3,(H,12,13)/t7?,8?,9-/m0/s1. The van der Waals surface area contributed by atoms with Gasteiger partial charge in [-0.1, -0.05) is 20.3 Å². The second-order valence-corrected chi connectivity index (χ2v) is 4.11. The normalized spacial score (nSPS) is 28.2. The molecule has 0 aliphatic heterocycles. The van der Waals surface area contributed by atoms with E-state index in [0.717, 1.165) is 25.3 Å². The second-order valence-electron chi connectivity index (χ2n) is 4.11. The van der Waals surface area contributed by atoms with Crippen molar-refractivity contribution in [1.29, 1.82) is 0 Å². The van der Waals surface area contributed by atoms with E-state index >= 15 is 0 Å². The van der Waals surface area contributed by atoms with Crippen LogP contribution in [0.15, 0.2) is 0 Å². The quantitative estimate of drug-likeness (QED) is 0.666. The molecule has 1 saturated carbocycles. The molecule has 3 N–H and O–H groups in total. The van der Waals surface area contributed by atoms with Gasteiger partial charge in [0.25, 0.3) is 0 Å². The average molecular weight is 184 g/mol. The lowest BCUT2D eigenvalue weighted by Crippen LogP contribution is -2.41. The van der Waals surface area contributed by atoms with Crippen LogP contribution < -0.4 is 11.1 Å². The Labute approximate surface area is 80.1 Å². The van der Waals surface area contributed by atoms with Gasteiger partial charge in [-0.15, -0.1) is 0 Å². The second kappa shape index (κ2) is 4.61. The van der Waals surface area contributed by atoms with Crippen molar-refractivity contribution < 1.29 is 4.79 Å². The van der Waals surface area contributed by atoms with Crippen molar-refractivity contribution in [2.75, 3.05) is 6.54 Å². The summed E-state index contributed by atoms with van der Waals surface area (Å²) in [7, 11) is 0. The largest absolute Gasteiger partial charge is 0.354 e. The smallest absolute Gasteiger partial charge is 0.236 e. The van der Waals surface area contributed by atoms with Crippen LogP contribution in [0.4, 0.5) is 0 Å². The van der Waals surface area contributed by atoms with Crippen LogP contribution in [0, 0.1) is 11.8 Å². The minimum absolute atomic E-state index is 0.0148. The van der Waals surface area contributed by atoms with E-state index in [2.05, 4.69) is 12.2 Å². The van der Waals surface area contributed by atoms with Crippen molar-refractivity contribution in [2.45, 2.75) is 39.2 Å². The van der Waals surface area contributed by atoms with Gasteiger partial charge in [0.2, 0.25) is 5.91 Å². The lowest BCUT2D eigenvalue weighted by Gasteiger charge is -2.10. The highest BCUT2D eigenvalue weighted by atomic mass is 16.2. The molecule has 0 bridgehead atoms. The van der Waals surface area contributed by atoms with Gasteiger partial charge >= 0.3 is 0 Å². The molecule has 0 radical (unpaired) electrons. The van der Waals surface area contributed by atoms with Crippen LogP contribution >= 0.6 is 0 Å². The van der Waals surface area contributed by atoms with Gasteiger partial charge in [0.05, 0.1) is 6.04 Å². The van der Waals surface area contributed by atoms with Crippen LogP contribution in [0.1, 0.15) is 33.1 Å². The molecule has 13 heavy (non-hydrogen) atoms. The zero-order chi connectivity index (χ0) is 9.84. The molecule has 0 aromatic rings. The molecule has 1 aliphatic carbocycles. The summed E-state index contributed by atoms with van der Waals surface area (Å²) >= 11 is 0. The van der Waals surface area contributed by atoms with Crippen molar-refractivity contribution in [3.8, 4) is 0 Å². The van der Waals surface area contributed by atoms with E-state index in [1.54, 1.807) is 0 Å². The van der Waals surface area contributed by atoms with Crippen LogP contribution in [0.5, 0.6) is 0 Å². The Bertz CT molecular complexity index is 182. The van der Waals surface area contributed by atoms with Crippen LogP contribution in [0.25, 0.3) is 0 Å². The van der Waals surface area contributed by atoms with Crippen LogP contribution in [-0.4, -0.2) is 18.5 Å². The molecule has 3 heteroatoms. The Morgan fingerprint density at radius 2 is 2.31 bits per heavy atom. The highest BCUT2D eigenvalue weighted by Gasteiger charge is 2.32. The number of hydrogen-bond donors (Lipinski definition) is 2. The summed E-state index contributed by atoms with van der Waals surface area (Å²) < 4.78 is 0. The number of nitrogens with two attached hydrogens (primary N) is 1. The Hall–Kier alpha value is -0.570. The summed E-state index contributed by atoms with van der Waals surface area (Å²) in [4.78, 5) is 11.3. The van der Waals surface area contributed by atoms with E-state index in [9.17, 15) is 4.79 Å². The molecular weight excluding hydrogens is 164 g/mol. The minimum atomic E-state index is -0.306. The Kier molecular flexibility index (Phi) is 3.72. The molecular formula is C10H20N2O. The van der Waals surface area contributed by atoms with Gasteiger partial charge in [-0.2, -0.15) is 0 Å². The van der Waals surface area contributed by atoms with E-state index in [-0.39, 0.29) is 11.9 Å². The first-order valence-electron chi connectivity index (χ1n) is 5.18. The molecule has 0 aromatic heterocycles. The summed E-state index contributed by atoms with van der Waals surface area (Å²) in [5.41, 5.74) is 5.66. The van der Waals surface area contributed by atoms with Crippen molar-refractivity contribution in [1.82, 2.24) is 5.32 Å². The predicted molar refractivity (Wildman–Crippen MR) is 53.2 cm³/mol. The van der Waals surface area contributed by atoms with Crippen LogP contribution in [0.2, 0.25) is 0 Å². The van der Waals surface area contributed by atoms with E-state index in [0.29, 0.717) is 5.92 Å². The third-order valence-corrected chi connectivity index (χ3v) is 2.75. The average Bonchev–Trinajstić information content (AvgIpc) is 2.78. The summed E-state index contributed by atoms with van der Waals surface area (Å²) in [5.74, 6) is 1.52. The molecule has 1 fully saturated rings. The maximum absolute atomic E-state index is 11.3. The zero-order valence-electron chi connectivity index (χ0n) is 8.55. The first-order valence-corrected chi connectivity index (χ1v) is 5.18. The first-order chi connectivity index (χ1) is 6.15. The molecule has 1 aliphatic rings. The Morgan fingerprint density at radius 3 is 2.77 bits per heavy atom. The van der Waals surface area contributed by atoms with Crippen LogP contribution in [-0.2, 0) is 4.79 Å². The Morgan fingerprint density at radius 1 is 1.69 bits per heavy atom. The fourth-order valence-electron chi connectivity index (χ4n) is 1.49. The van der Waals surface area contributed by atoms with Crippen molar-refractivity contribution in [3.05, 3.63) is 0 Å². The topological polar surface area (TPSA) is 55.1 Å². The first kappa shape index (κ1) is 10.5. The van der Waals surface area contributed by atoms with E-state index in [4.69, 9.17) is 5.73 Å². The number of carbonyl (C=O) groups excluding carboxylic acids is 1. The molecule has 0 spiro atoms.